The van der Waals surface area contributed by atoms with Crippen molar-refractivity contribution in [2.75, 3.05) is 12.8 Å². The zero-order valence-corrected chi connectivity index (χ0v) is 20.2. The second-order valence-electron chi connectivity index (χ2n) is 10.1. The first-order valence-corrected chi connectivity index (χ1v) is 13.9. The predicted molar refractivity (Wildman–Crippen MR) is 126 cm³/mol. The van der Waals surface area contributed by atoms with E-state index in [4.69, 9.17) is 0 Å². The number of amides is 2. The molecule has 2 atom stereocenters. The summed E-state index contributed by atoms with van der Waals surface area (Å²) in [4.78, 5) is 31.7. The molecule has 2 aliphatic carbocycles. The molecule has 0 saturated heterocycles. The van der Waals surface area contributed by atoms with Crippen LogP contribution in [0.25, 0.3) is 10.9 Å². The minimum Gasteiger partial charge on any atom is -0.357 e. The summed E-state index contributed by atoms with van der Waals surface area (Å²) in [7, 11) is -3.38. The maximum atomic E-state index is 13.6. The zero-order chi connectivity index (χ0) is 24.1. The summed E-state index contributed by atoms with van der Waals surface area (Å²) in [5.41, 5.74) is 1.90. The highest BCUT2D eigenvalue weighted by Crippen LogP contribution is 2.38. The van der Waals surface area contributed by atoms with E-state index in [0.29, 0.717) is 37.9 Å². The van der Waals surface area contributed by atoms with Gasteiger partial charge in [0, 0.05) is 54.7 Å². The Morgan fingerprint density at radius 3 is 2.74 bits per heavy atom. The highest BCUT2D eigenvalue weighted by molar-refractivity contribution is 7.91. The Hall–Kier alpha value is -2.86. The average molecular weight is 483 g/mol. The Labute approximate surface area is 199 Å². The number of carbonyl (C=O) groups excluding carboxylic acids is 2. The van der Waals surface area contributed by atoms with Crippen LogP contribution in [0, 0.1) is 23.2 Å². The van der Waals surface area contributed by atoms with E-state index in [1.54, 1.807) is 12.1 Å². The average Bonchev–Trinajstić information content (AvgIpc) is 3.48. The summed E-state index contributed by atoms with van der Waals surface area (Å²) in [5.74, 6) is -0.264. The van der Waals surface area contributed by atoms with Gasteiger partial charge in [-0.15, -0.1) is 0 Å². The van der Waals surface area contributed by atoms with Crippen molar-refractivity contribution < 1.29 is 18.0 Å². The second kappa shape index (κ2) is 8.42. The molecule has 5 rings (SSSR count). The molecule has 2 amide bonds. The third-order valence-corrected chi connectivity index (χ3v) is 8.84. The maximum absolute atomic E-state index is 13.6. The zero-order valence-electron chi connectivity index (χ0n) is 19.4. The van der Waals surface area contributed by atoms with Crippen LogP contribution in [0.2, 0.25) is 0 Å². The van der Waals surface area contributed by atoms with Crippen LogP contribution in [0.4, 0.5) is 0 Å². The molecule has 2 aromatic rings. The van der Waals surface area contributed by atoms with Gasteiger partial charge in [0.1, 0.15) is 5.54 Å². The molecule has 34 heavy (non-hydrogen) atoms. The number of nitrogens with one attached hydrogen (secondary N) is 2. The molecular weight excluding hydrogens is 452 g/mol. The molecule has 2 saturated carbocycles. The van der Waals surface area contributed by atoms with Crippen LogP contribution < -0.4 is 5.32 Å². The van der Waals surface area contributed by atoms with Crippen LogP contribution in [0.1, 0.15) is 56.2 Å². The lowest BCUT2D eigenvalue weighted by Crippen LogP contribution is -2.44. The van der Waals surface area contributed by atoms with E-state index < -0.39 is 15.4 Å². The summed E-state index contributed by atoms with van der Waals surface area (Å²) in [6.45, 7) is 1.01. The van der Waals surface area contributed by atoms with Crippen LogP contribution >= 0.6 is 0 Å². The fourth-order valence-corrected chi connectivity index (χ4v) is 6.52. The number of nitrogens with zero attached hydrogens (tertiary/aromatic N) is 2. The van der Waals surface area contributed by atoms with Gasteiger partial charge < -0.3 is 15.2 Å². The number of nitriles is 1. The predicted octanol–water partition coefficient (Wildman–Crippen LogP) is 2.82. The van der Waals surface area contributed by atoms with Crippen molar-refractivity contribution in [3.05, 3.63) is 29.5 Å². The molecule has 2 N–H and O–H groups in total. The number of aromatic nitrogens is 1. The van der Waals surface area contributed by atoms with Crippen molar-refractivity contribution in [1.82, 2.24) is 15.2 Å². The van der Waals surface area contributed by atoms with Crippen molar-refractivity contribution in [2.24, 2.45) is 11.8 Å². The topological polar surface area (TPSA) is 123 Å². The summed E-state index contributed by atoms with van der Waals surface area (Å²) < 4.78 is 24.5. The molecule has 1 aromatic heterocycles. The van der Waals surface area contributed by atoms with Crippen molar-refractivity contribution >= 4 is 32.6 Å². The maximum Gasteiger partial charge on any atom is 0.226 e. The largest absolute Gasteiger partial charge is 0.357 e. The van der Waals surface area contributed by atoms with E-state index in [1.165, 1.54) is 6.26 Å². The van der Waals surface area contributed by atoms with E-state index in [0.717, 1.165) is 42.3 Å². The first-order valence-electron chi connectivity index (χ1n) is 12.0. The number of aromatic amines is 1. The number of rotatable bonds is 5. The van der Waals surface area contributed by atoms with Gasteiger partial charge in [0.15, 0.2) is 9.84 Å². The molecule has 0 bridgehead atoms. The van der Waals surface area contributed by atoms with Gasteiger partial charge in [-0.1, -0.05) is 25.0 Å². The number of para-hydroxylation sites is 1. The van der Waals surface area contributed by atoms with Gasteiger partial charge in [-0.05, 0) is 37.7 Å². The van der Waals surface area contributed by atoms with E-state index in [9.17, 15) is 23.3 Å². The van der Waals surface area contributed by atoms with Gasteiger partial charge in [-0.3, -0.25) is 9.59 Å². The van der Waals surface area contributed by atoms with Crippen LogP contribution in [0.15, 0.2) is 23.1 Å². The Morgan fingerprint density at radius 2 is 2.03 bits per heavy atom. The lowest BCUT2D eigenvalue weighted by Gasteiger charge is -2.36. The molecule has 0 radical (unpaired) electrons. The van der Waals surface area contributed by atoms with Crippen LogP contribution in [0.3, 0.4) is 0 Å². The lowest BCUT2D eigenvalue weighted by molar-refractivity contribution is -0.140. The van der Waals surface area contributed by atoms with Gasteiger partial charge in [0.25, 0.3) is 0 Å². The lowest BCUT2D eigenvalue weighted by atomic mass is 9.76. The molecule has 180 valence electrons. The van der Waals surface area contributed by atoms with Gasteiger partial charge in [0.2, 0.25) is 11.8 Å². The molecule has 2 fully saturated rings. The van der Waals surface area contributed by atoms with E-state index >= 15 is 0 Å². The Morgan fingerprint density at radius 1 is 1.26 bits per heavy atom. The van der Waals surface area contributed by atoms with Crippen molar-refractivity contribution in [2.45, 2.75) is 68.3 Å². The molecule has 0 spiro atoms. The number of sulfone groups is 1. The highest BCUT2D eigenvalue weighted by atomic mass is 32.2. The molecule has 8 nitrogen and oxygen atoms in total. The fourth-order valence-electron chi connectivity index (χ4n) is 5.67. The number of benzene rings is 1. The van der Waals surface area contributed by atoms with Gasteiger partial charge in [0.05, 0.1) is 16.5 Å². The minimum absolute atomic E-state index is 0.0167. The van der Waals surface area contributed by atoms with E-state index in [2.05, 4.69) is 16.4 Å². The third kappa shape index (κ3) is 4.20. The number of fused-ring (bicyclic) bond motifs is 3. The first-order chi connectivity index (χ1) is 16.2. The summed E-state index contributed by atoms with van der Waals surface area (Å²) in [6, 6.07) is 7.46. The molecule has 0 unspecified atom stereocenters. The molecule has 3 aliphatic rings. The van der Waals surface area contributed by atoms with Gasteiger partial charge in [-0.25, -0.2) is 8.42 Å². The monoisotopic (exact) mass is 482 g/mol. The number of hydrogen-bond donors (Lipinski definition) is 2. The molecular formula is C25H30N4O4S. The van der Waals surface area contributed by atoms with Crippen LogP contribution in [-0.4, -0.2) is 48.5 Å². The standard InChI is InChI=1S/C25H30N4O4S/c1-34(32,33)21-8-4-7-18-19-14-29(12-9-20(19)27-23(18)21)24(31)17-6-3-2-5-16(17)13-22(30)28-25(15-26)10-11-25/h4,7-8,16-17,27H,2-3,5-6,9-14H2,1H3,(H,28,30)/t16-,17-/m1/s1. The summed E-state index contributed by atoms with van der Waals surface area (Å²) in [5, 5.41) is 13.0. The smallest absolute Gasteiger partial charge is 0.226 e. The summed E-state index contributed by atoms with van der Waals surface area (Å²) >= 11 is 0. The van der Waals surface area contributed by atoms with E-state index in [1.807, 2.05) is 11.0 Å². The minimum atomic E-state index is -3.38. The van der Waals surface area contributed by atoms with Gasteiger partial charge >= 0.3 is 0 Å². The van der Waals surface area contributed by atoms with Crippen molar-refractivity contribution in [3.63, 3.8) is 0 Å². The highest BCUT2D eigenvalue weighted by Gasteiger charge is 2.45. The van der Waals surface area contributed by atoms with Gasteiger partial charge in [-0.2, -0.15) is 5.26 Å². The number of carbonyl (C=O) groups is 2. The molecule has 9 heteroatoms. The van der Waals surface area contributed by atoms with E-state index in [-0.39, 0.29) is 35.0 Å². The summed E-state index contributed by atoms with van der Waals surface area (Å²) in [6.07, 6.45) is 7.12. The fraction of sp³-hybridized carbons (Fsp3) is 0.560. The van der Waals surface area contributed by atoms with Crippen LogP contribution in [0.5, 0.6) is 0 Å². The van der Waals surface area contributed by atoms with Crippen LogP contribution in [-0.2, 0) is 32.4 Å². The Kier molecular flexibility index (Phi) is 5.67. The third-order valence-electron chi connectivity index (χ3n) is 7.70. The van der Waals surface area contributed by atoms with Crippen molar-refractivity contribution in [1.29, 1.82) is 5.26 Å². The quantitative estimate of drug-likeness (QED) is 0.678. The SMILES string of the molecule is CS(=O)(=O)c1cccc2c3c([nH]c12)CCN(C(=O)[C@@H]1CCCC[C@@H]1CC(=O)NC1(C#N)CC1)C3. The first kappa shape index (κ1) is 22.9. The second-order valence-corrected chi connectivity index (χ2v) is 12.1. The molecule has 1 aliphatic heterocycles. The number of hydrogen-bond acceptors (Lipinski definition) is 5. The normalized spacial score (nSPS) is 23.7. The Balaban J connectivity index is 1.34. The molecule has 2 heterocycles. The number of H-pyrrole nitrogens is 1. The van der Waals surface area contributed by atoms with Crippen molar-refractivity contribution in [3.8, 4) is 6.07 Å². The Bertz CT molecular complexity index is 1300. The molecule has 1 aromatic carbocycles.